The number of hydrogen-bond donors (Lipinski definition) is 2. The fourth-order valence-corrected chi connectivity index (χ4v) is 3.43. The number of anilines is 1. The average molecular weight is 365 g/mol. The normalized spacial score (nSPS) is 15.7. The number of fused-ring (bicyclic) bond motifs is 1. The summed E-state index contributed by atoms with van der Waals surface area (Å²) >= 11 is 1.50. The van der Waals surface area contributed by atoms with Crippen LogP contribution in [0.1, 0.15) is 17.3 Å². The van der Waals surface area contributed by atoms with Gasteiger partial charge in [-0.2, -0.15) is 4.98 Å². The molecule has 1 aliphatic rings. The Hall–Kier alpha value is -3.13. The van der Waals surface area contributed by atoms with E-state index < -0.39 is 12.0 Å². The molecule has 1 aliphatic heterocycles. The standard InChI is InChI=1S/C18H15N5O2S/c24-16(25)14-10-15(13-8-4-5-9-19-13)23-17(20-14)21-18(22-23)26-11-12-6-2-1-3-7-12/h1-10,15H,11H2,(H,24,25)(H,20,21,22)/t15-/m0/s1. The molecule has 7 nitrogen and oxygen atoms in total. The molecule has 0 fully saturated rings. The van der Waals surface area contributed by atoms with Crippen LogP contribution in [0.3, 0.4) is 0 Å². The zero-order valence-electron chi connectivity index (χ0n) is 13.6. The Morgan fingerprint density at radius 1 is 1.19 bits per heavy atom. The molecule has 130 valence electrons. The second kappa shape index (κ2) is 7.01. The largest absolute Gasteiger partial charge is 0.477 e. The highest BCUT2D eigenvalue weighted by molar-refractivity contribution is 7.98. The van der Waals surface area contributed by atoms with Crippen LogP contribution in [0.2, 0.25) is 0 Å². The van der Waals surface area contributed by atoms with E-state index in [1.54, 1.807) is 17.0 Å². The number of nitrogens with zero attached hydrogens (tertiary/aromatic N) is 4. The lowest BCUT2D eigenvalue weighted by atomic mass is 10.1. The summed E-state index contributed by atoms with van der Waals surface area (Å²) in [5.41, 5.74) is 1.95. The van der Waals surface area contributed by atoms with Crippen LogP contribution in [-0.2, 0) is 10.5 Å². The van der Waals surface area contributed by atoms with Gasteiger partial charge in [-0.1, -0.05) is 48.2 Å². The lowest BCUT2D eigenvalue weighted by Crippen LogP contribution is -2.24. The lowest BCUT2D eigenvalue weighted by Gasteiger charge is -2.21. The van der Waals surface area contributed by atoms with Gasteiger partial charge in [-0.15, -0.1) is 5.10 Å². The minimum atomic E-state index is -1.04. The van der Waals surface area contributed by atoms with Crippen molar-refractivity contribution in [2.45, 2.75) is 17.0 Å². The summed E-state index contributed by atoms with van der Waals surface area (Å²) in [5.74, 6) is 0.0902. The number of hydrogen-bond acceptors (Lipinski definition) is 6. The van der Waals surface area contributed by atoms with E-state index >= 15 is 0 Å². The fourth-order valence-electron chi connectivity index (χ4n) is 2.64. The van der Waals surface area contributed by atoms with Crippen molar-refractivity contribution in [3.8, 4) is 0 Å². The molecule has 3 heterocycles. The first kappa shape index (κ1) is 16.3. The summed E-state index contributed by atoms with van der Waals surface area (Å²) in [6.07, 6.45) is 3.27. The molecule has 2 N–H and O–H groups in total. The summed E-state index contributed by atoms with van der Waals surface area (Å²) in [5, 5.41) is 17.3. The van der Waals surface area contributed by atoms with Crippen LogP contribution < -0.4 is 5.32 Å². The summed E-state index contributed by atoms with van der Waals surface area (Å²) < 4.78 is 1.67. The van der Waals surface area contributed by atoms with Gasteiger partial charge in [-0.25, -0.2) is 9.48 Å². The van der Waals surface area contributed by atoms with Crippen LogP contribution in [0.4, 0.5) is 5.95 Å². The van der Waals surface area contributed by atoms with E-state index in [1.807, 2.05) is 48.5 Å². The Balaban J connectivity index is 1.63. The topological polar surface area (TPSA) is 92.9 Å². The van der Waals surface area contributed by atoms with Gasteiger partial charge in [0.1, 0.15) is 11.7 Å². The van der Waals surface area contributed by atoms with E-state index in [9.17, 15) is 9.90 Å². The summed E-state index contributed by atoms with van der Waals surface area (Å²) in [6.45, 7) is 0. The highest BCUT2D eigenvalue weighted by Crippen LogP contribution is 2.30. The molecule has 0 aliphatic carbocycles. The molecule has 0 saturated heterocycles. The number of rotatable bonds is 5. The van der Waals surface area contributed by atoms with Gasteiger partial charge in [-0.3, -0.25) is 4.98 Å². The lowest BCUT2D eigenvalue weighted by molar-refractivity contribution is -0.132. The maximum Gasteiger partial charge on any atom is 0.352 e. The molecular weight excluding hydrogens is 350 g/mol. The Bertz CT molecular complexity index is 956. The van der Waals surface area contributed by atoms with Gasteiger partial charge in [0, 0.05) is 11.9 Å². The summed E-state index contributed by atoms with van der Waals surface area (Å²) in [6, 6.07) is 15.1. The quantitative estimate of drug-likeness (QED) is 0.672. The average Bonchev–Trinajstić information content (AvgIpc) is 3.10. The number of pyridine rings is 1. The van der Waals surface area contributed by atoms with Crippen molar-refractivity contribution in [2.24, 2.45) is 0 Å². The summed E-state index contributed by atoms with van der Waals surface area (Å²) in [7, 11) is 0. The first-order valence-corrected chi connectivity index (χ1v) is 8.95. The van der Waals surface area contributed by atoms with Crippen LogP contribution in [-0.4, -0.2) is 30.8 Å². The molecule has 8 heteroatoms. The van der Waals surface area contributed by atoms with Crippen molar-refractivity contribution < 1.29 is 9.90 Å². The predicted octanol–water partition coefficient (Wildman–Crippen LogP) is 2.95. The minimum absolute atomic E-state index is 0.0696. The molecule has 4 rings (SSSR count). The Morgan fingerprint density at radius 2 is 2.00 bits per heavy atom. The fraction of sp³-hybridized carbons (Fsp3) is 0.111. The van der Waals surface area contributed by atoms with Crippen molar-refractivity contribution >= 4 is 23.7 Å². The predicted molar refractivity (Wildman–Crippen MR) is 97.7 cm³/mol. The Morgan fingerprint density at radius 3 is 2.73 bits per heavy atom. The van der Waals surface area contributed by atoms with E-state index in [-0.39, 0.29) is 5.70 Å². The molecule has 1 aromatic carbocycles. The number of nitrogens with one attached hydrogen (secondary N) is 1. The van der Waals surface area contributed by atoms with Gasteiger partial charge in [0.2, 0.25) is 11.1 Å². The zero-order chi connectivity index (χ0) is 17.9. The van der Waals surface area contributed by atoms with Crippen LogP contribution in [0, 0.1) is 0 Å². The Kier molecular flexibility index (Phi) is 4.40. The molecule has 1 atom stereocenters. The number of carboxylic acids is 1. The van der Waals surface area contributed by atoms with Gasteiger partial charge < -0.3 is 10.4 Å². The SMILES string of the molecule is O=C(O)C1=C[C@@H](c2ccccn2)n2nc(SCc3ccccc3)nc2N1. The molecule has 0 radical (unpaired) electrons. The zero-order valence-corrected chi connectivity index (χ0v) is 14.4. The van der Waals surface area contributed by atoms with Crippen molar-refractivity contribution in [3.63, 3.8) is 0 Å². The van der Waals surface area contributed by atoms with Crippen molar-refractivity contribution in [1.29, 1.82) is 0 Å². The molecular formula is C18H15N5O2S. The summed E-state index contributed by atoms with van der Waals surface area (Å²) in [4.78, 5) is 20.2. The Labute approximate surface area is 153 Å². The molecule has 0 unspecified atom stereocenters. The number of thioether (sulfide) groups is 1. The third-order valence-corrected chi connectivity index (χ3v) is 4.79. The van der Waals surface area contributed by atoms with Gasteiger partial charge >= 0.3 is 5.97 Å². The number of allylic oxidation sites excluding steroid dienone is 1. The molecule has 26 heavy (non-hydrogen) atoms. The van der Waals surface area contributed by atoms with Gasteiger partial charge in [0.15, 0.2) is 0 Å². The van der Waals surface area contributed by atoms with E-state index in [1.165, 1.54) is 17.3 Å². The monoisotopic (exact) mass is 365 g/mol. The highest BCUT2D eigenvalue weighted by Gasteiger charge is 2.27. The van der Waals surface area contributed by atoms with E-state index in [4.69, 9.17) is 0 Å². The smallest absolute Gasteiger partial charge is 0.352 e. The van der Waals surface area contributed by atoms with E-state index in [0.29, 0.717) is 16.8 Å². The molecule has 0 spiro atoms. The number of aliphatic carboxylic acids is 1. The van der Waals surface area contributed by atoms with E-state index in [0.717, 1.165) is 5.75 Å². The maximum absolute atomic E-state index is 11.4. The first-order chi connectivity index (χ1) is 12.7. The number of aromatic nitrogens is 4. The third kappa shape index (κ3) is 3.31. The van der Waals surface area contributed by atoms with Crippen molar-refractivity contribution in [3.05, 3.63) is 77.8 Å². The van der Waals surface area contributed by atoms with E-state index in [2.05, 4.69) is 20.4 Å². The minimum Gasteiger partial charge on any atom is -0.477 e. The van der Waals surface area contributed by atoms with Crippen LogP contribution in [0.5, 0.6) is 0 Å². The highest BCUT2D eigenvalue weighted by atomic mass is 32.2. The van der Waals surface area contributed by atoms with Crippen LogP contribution >= 0.6 is 11.8 Å². The van der Waals surface area contributed by atoms with Gasteiger partial charge in [0.05, 0.1) is 5.69 Å². The number of carboxylic acid groups (broad SMARTS) is 1. The molecule has 0 saturated carbocycles. The molecule has 0 amide bonds. The maximum atomic E-state index is 11.4. The third-order valence-electron chi connectivity index (χ3n) is 3.88. The van der Waals surface area contributed by atoms with Crippen LogP contribution in [0.15, 0.2) is 71.7 Å². The number of benzene rings is 1. The van der Waals surface area contributed by atoms with Gasteiger partial charge in [-0.05, 0) is 23.8 Å². The van der Waals surface area contributed by atoms with Gasteiger partial charge in [0.25, 0.3) is 0 Å². The second-order valence-corrected chi connectivity index (χ2v) is 6.59. The van der Waals surface area contributed by atoms with Crippen molar-refractivity contribution in [1.82, 2.24) is 19.7 Å². The van der Waals surface area contributed by atoms with Crippen LogP contribution in [0.25, 0.3) is 0 Å². The van der Waals surface area contributed by atoms with Crippen molar-refractivity contribution in [2.75, 3.05) is 5.32 Å². The molecule has 3 aromatic rings. The second-order valence-electron chi connectivity index (χ2n) is 5.65. The first-order valence-electron chi connectivity index (χ1n) is 7.97. The molecule has 0 bridgehead atoms. The number of carbonyl (C=O) groups is 1. The molecule has 2 aromatic heterocycles.